The Kier molecular flexibility index (Phi) is 7.02. The van der Waals surface area contributed by atoms with Crippen LogP contribution in [0.15, 0.2) is 24.3 Å². The predicted octanol–water partition coefficient (Wildman–Crippen LogP) is 1.69. The number of benzene rings is 1. The lowest BCUT2D eigenvalue weighted by molar-refractivity contribution is -0.138. The van der Waals surface area contributed by atoms with Crippen LogP contribution in [0.2, 0.25) is 0 Å². The molecule has 1 aliphatic heterocycles. The van der Waals surface area contributed by atoms with Gasteiger partial charge in [0, 0.05) is 31.7 Å². The molecule has 2 rings (SSSR count). The van der Waals surface area contributed by atoms with Crippen molar-refractivity contribution in [3.63, 3.8) is 0 Å². The van der Waals surface area contributed by atoms with Crippen LogP contribution in [0.1, 0.15) is 19.4 Å². The molecule has 1 saturated heterocycles. The Bertz CT molecular complexity index is 536. The Morgan fingerprint density at radius 3 is 2.92 bits per heavy atom. The number of ether oxygens (including phenoxy) is 2. The van der Waals surface area contributed by atoms with Gasteiger partial charge in [-0.1, -0.05) is 18.2 Å². The molecule has 0 saturated carbocycles. The maximum atomic E-state index is 10.8. The zero-order valence-electron chi connectivity index (χ0n) is 14.8. The smallest absolute Gasteiger partial charge is 0.317 e. The van der Waals surface area contributed by atoms with Crippen LogP contribution < -0.4 is 4.74 Å². The van der Waals surface area contributed by atoms with Gasteiger partial charge in [0.2, 0.25) is 0 Å². The number of carboxylic acids is 1. The number of hydrogen-bond donors (Lipinski definition) is 1. The van der Waals surface area contributed by atoms with Gasteiger partial charge in [-0.25, -0.2) is 0 Å². The van der Waals surface area contributed by atoms with Crippen LogP contribution in [-0.2, 0) is 16.1 Å². The number of para-hydroxylation sites is 1. The predicted molar refractivity (Wildman–Crippen MR) is 92.4 cm³/mol. The standard InChI is InChI=1S/C18H28N2O4/c1-14(2)24-17-7-5-4-6-15(17)10-20-8-9-23-16(12-20)11-19(3)13-18(21)22/h4-7,14,16H,8-13H2,1-3H3,(H,21,22). The Morgan fingerprint density at radius 2 is 2.21 bits per heavy atom. The van der Waals surface area contributed by atoms with Crippen molar-refractivity contribution in [2.45, 2.75) is 32.6 Å². The lowest BCUT2D eigenvalue weighted by Gasteiger charge is -2.34. The first-order chi connectivity index (χ1) is 11.4. The molecule has 1 heterocycles. The largest absolute Gasteiger partial charge is 0.491 e. The molecule has 6 nitrogen and oxygen atoms in total. The maximum Gasteiger partial charge on any atom is 0.317 e. The van der Waals surface area contributed by atoms with Gasteiger partial charge in [0.25, 0.3) is 0 Å². The van der Waals surface area contributed by atoms with Crippen LogP contribution in [0, 0.1) is 0 Å². The van der Waals surface area contributed by atoms with E-state index in [2.05, 4.69) is 11.0 Å². The highest BCUT2D eigenvalue weighted by molar-refractivity contribution is 5.69. The van der Waals surface area contributed by atoms with E-state index in [-0.39, 0.29) is 18.8 Å². The van der Waals surface area contributed by atoms with Crippen LogP contribution in [0.25, 0.3) is 0 Å². The van der Waals surface area contributed by atoms with E-state index in [1.807, 2.05) is 39.1 Å². The molecule has 0 aliphatic carbocycles. The van der Waals surface area contributed by atoms with Gasteiger partial charge in [-0.15, -0.1) is 0 Å². The van der Waals surface area contributed by atoms with Crippen LogP contribution in [0.3, 0.4) is 0 Å². The van der Waals surface area contributed by atoms with E-state index < -0.39 is 5.97 Å². The SMILES string of the molecule is CC(C)Oc1ccccc1CN1CCOC(CN(C)CC(=O)O)C1. The van der Waals surface area contributed by atoms with E-state index in [0.717, 1.165) is 25.4 Å². The monoisotopic (exact) mass is 336 g/mol. The minimum Gasteiger partial charge on any atom is -0.491 e. The fourth-order valence-corrected chi connectivity index (χ4v) is 2.92. The number of morpholine rings is 1. The zero-order valence-corrected chi connectivity index (χ0v) is 14.8. The van der Waals surface area contributed by atoms with Crippen molar-refractivity contribution in [3.05, 3.63) is 29.8 Å². The van der Waals surface area contributed by atoms with E-state index in [1.165, 1.54) is 5.56 Å². The molecule has 0 radical (unpaired) electrons. The number of aliphatic carboxylic acids is 1. The first-order valence-corrected chi connectivity index (χ1v) is 8.43. The molecule has 0 spiro atoms. The van der Waals surface area contributed by atoms with Gasteiger partial charge in [0.1, 0.15) is 5.75 Å². The number of likely N-dealkylation sites (N-methyl/N-ethyl adjacent to an activating group) is 1. The first-order valence-electron chi connectivity index (χ1n) is 8.43. The van der Waals surface area contributed by atoms with Crippen molar-refractivity contribution in [2.75, 3.05) is 39.8 Å². The van der Waals surface area contributed by atoms with Crippen molar-refractivity contribution >= 4 is 5.97 Å². The second-order valence-corrected chi connectivity index (χ2v) is 6.59. The summed E-state index contributed by atoms with van der Waals surface area (Å²) < 4.78 is 11.7. The first kappa shape index (κ1) is 18.7. The van der Waals surface area contributed by atoms with Crippen molar-refractivity contribution < 1.29 is 19.4 Å². The van der Waals surface area contributed by atoms with Gasteiger partial charge in [-0.05, 0) is 27.0 Å². The molecule has 0 bridgehead atoms. The minimum atomic E-state index is -0.815. The van der Waals surface area contributed by atoms with E-state index in [4.69, 9.17) is 14.6 Å². The second-order valence-electron chi connectivity index (χ2n) is 6.59. The van der Waals surface area contributed by atoms with Crippen molar-refractivity contribution in [3.8, 4) is 5.75 Å². The Morgan fingerprint density at radius 1 is 1.46 bits per heavy atom. The van der Waals surface area contributed by atoms with E-state index in [1.54, 1.807) is 4.90 Å². The van der Waals surface area contributed by atoms with Gasteiger partial charge < -0.3 is 14.6 Å². The van der Waals surface area contributed by atoms with E-state index in [0.29, 0.717) is 13.2 Å². The molecular formula is C18H28N2O4. The molecule has 1 N–H and O–H groups in total. The average Bonchev–Trinajstić information content (AvgIpc) is 2.48. The Hall–Kier alpha value is -1.63. The molecule has 0 amide bonds. The van der Waals surface area contributed by atoms with Crippen LogP contribution in [-0.4, -0.2) is 72.9 Å². The molecule has 1 aromatic rings. The molecule has 24 heavy (non-hydrogen) atoms. The van der Waals surface area contributed by atoms with Gasteiger partial charge in [0.05, 0.1) is 25.4 Å². The number of nitrogens with zero attached hydrogens (tertiary/aromatic N) is 2. The highest BCUT2D eigenvalue weighted by atomic mass is 16.5. The molecule has 1 aromatic carbocycles. The van der Waals surface area contributed by atoms with Gasteiger partial charge in [-0.3, -0.25) is 14.6 Å². The average molecular weight is 336 g/mol. The molecule has 1 atom stereocenters. The van der Waals surface area contributed by atoms with E-state index >= 15 is 0 Å². The lowest BCUT2D eigenvalue weighted by atomic mass is 10.1. The van der Waals surface area contributed by atoms with Gasteiger partial charge in [-0.2, -0.15) is 0 Å². The number of hydrogen-bond acceptors (Lipinski definition) is 5. The molecule has 1 aliphatic rings. The third-order valence-electron chi connectivity index (χ3n) is 3.87. The highest BCUT2D eigenvalue weighted by Crippen LogP contribution is 2.22. The van der Waals surface area contributed by atoms with Crippen LogP contribution >= 0.6 is 0 Å². The summed E-state index contributed by atoms with van der Waals surface area (Å²) in [6, 6.07) is 8.12. The third-order valence-corrected chi connectivity index (χ3v) is 3.87. The highest BCUT2D eigenvalue weighted by Gasteiger charge is 2.23. The van der Waals surface area contributed by atoms with Crippen LogP contribution in [0.4, 0.5) is 0 Å². The topological polar surface area (TPSA) is 62.2 Å². The zero-order chi connectivity index (χ0) is 17.5. The Balaban J connectivity index is 1.92. The lowest BCUT2D eigenvalue weighted by Crippen LogP contribution is -2.47. The number of rotatable bonds is 8. The molecule has 6 heteroatoms. The molecule has 0 aromatic heterocycles. The maximum absolute atomic E-state index is 10.8. The molecule has 1 unspecified atom stereocenters. The second kappa shape index (κ2) is 9.01. The summed E-state index contributed by atoms with van der Waals surface area (Å²) in [7, 11) is 1.81. The molecular weight excluding hydrogens is 308 g/mol. The van der Waals surface area contributed by atoms with Crippen molar-refractivity contribution in [2.24, 2.45) is 0 Å². The van der Waals surface area contributed by atoms with Gasteiger partial charge >= 0.3 is 5.97 Å². The number of carbonyl (C=O) groups is 1. The van der Waals surface area contributed by atoms with Crippen LogP contribution in [0.5, 0.6) is 5.75 Å². The summed E-state index contributed by atoms with van der Waals surface area (Å²) in [5.74, 6) is 0.114. The van der Waals surface area contributed by atoms with E-state index in [9.17, 15) is 4.79 Å². The van der Waals surface area contributed by atoms with Crippen molar-refractivity contribution in [1.82, 2.24) is 9.80 Å². The summed E-state index contributed by atoms with van der Waals surface area (Å²) in [6.07, 6.45) is 0.175. The molecule has 1 fully saturated rings. The number of carboxylic acid groups (broad SMARTS) is 1. The summed E-state index contributed by atoms with van der Waals surface area (Å²) in [6.45, 7) is 7.84. The summed E-state index contributed by atoms with van der Waals surface area (Å²) in [5.41, 5.74) is 1.17. The molecule has 134 valence electrons. The third kappa shape index (κ3) is 6.11. The summed E-state index contributed by atoms with van der Waals surface area (Å²) in [5, 5.41) is 8.86. The van der Waals surface area contributed by atoms with Crippen molar-refractivity contribution in [1.29, 1.82) is 0 Å². The van der Waals surface area contributed by atoms with Gasteiger partial charge in [0.15, 0.2) is 0 Å². The quantitative estimate of drug-likeness (QED) is 0.779. The summed E-state index contributed by atoms with van der Waals surface area (Å²) in [4.78, 5) is 14.9. The fourth-order valence-electron chi connectivity index (χ4n) is 2.92. The Labute approximate surface area is 144 Å². The minimum absolute atomic E-state index is 0.0290. The summed E-state index contributed by atoms with van der Waals surface area (Å²) >= 11 is 0. The normalized spacial score (nSPS) is 19.0. The fraction of sp³-hybridized carbons (Fsp3) is 0.611.